The fourth-order valence-electron chi connectivity index (χ4n) is 2.67. The van der Waals surface area contributed by atoms with Gasteiger partial charge < -0.3 is 4.90 Å². The topological polar surface area (TPSA) is 106 Å². The number of likely N-dealkylation sites (N-methyl/N-ethyl adjacent to an activating group) is 1. The number of thiophene rings is 1. The van der Waals surface area contributed by atoms with E-state index >= 15 is 0 Å². The van der Waals surface area contributed by atoms with Crippen molar-refractivity contribution in [1.29, 1.82) is 0 Å². The highest BCUT2D eigenvalue weighted by Crippen LogP contribution is 2.28. The van der Waals surface area contributed by atoms with Crippen molar-refractivity contribution in [2.24, 2.45) is 0 Å². The molecule has 1 amide bonds. The van der Waals surface area contributed by atoms with Crippen LogP contribution in [0.2, 0.25) is 0 Å². The van der Waals surface area contributed by atoms with Gasteiger partial charge in [-0.15, -0.1) is 4.80 Å². The van der Waals surface area contributed by atoms with Crippen LogP contribution in [0.5, 0.6) is 0 Å². The predicted molar refractivity (Wildman–Crippen MR) is 94.4 cm³/mol. The lowest BCUT2D eigenvalue weighted by Crippen LogP contribution is -2.43. The van der Waals surface area contributed by atoms with E-state index in [1.807, 2.05) is 6.92 Å². The molecule has 3 aromatic heterocycles. The maximum Gasteiger partial charge on any atom is 0.330 e. The van der Waals surface area contributed by atoms with Gasteiger partial charge in [0.1, 0.15) is 15.9 Å². The lowest BCUT2D eigenvalue weighted by molar-refractivity contribution is -0.132. The summed E-state index contributed by atoms with van der Waals surface area (Å²) >= 11 is 1.22. The number of rotatable bonds is 4. The zero-order valence-electron chi connectivity index (χ0n) is 14.3. The highest BCUT2D eigenvalue weighted by atomic mass is 32.1. The fraction of sp³-hybridized carbons (Fsp3) is 0.400. The fourth-order valence-corrected chi connectivity index (χ4v) is 3.77. The Labute approximate surface area is 146 Å². The molecule has 3 aromatic rings. The summed E-state index contributed by atoms with van der Waals surface area (Å²) in [6, 6.07) is -0.892. The van der Waals surface area contributed by atoms with Crippen LogP contribution < -0.4 is 11.2 Å². The summed E-state index contributed by atoms with van der Waals surface area (Å²) in [7, 11) is 1.63. The smallest absolute Gasteiger partial charge is 0.330 e. The molecule has 9 nitrogen and oxygen atoms in total. The first-order chi connectivity index (χ1) is 11.9. The van der Waals surface area contributed by atoms with Crippen molar-refractivity contribution in [3.63, 3.8) is 0 Å². The molecule has 10 heteroatoms. The Hall–Kier alpha value is -2.75. The molecule has 0 fully saturated rings. The van der Waals surface area contributed by atoms with Crippen molar-refractivity contribution in [3.05, 3.63) is 38.8 Å². The van der Waals surface area contributed by atoms with Crippen molar-refractivity contribution in [2.45, 2.75) is 26.8 Å². The van der Waals surface area contributed by atoms with Crippen LogP contribution >= 0.6 is 11.3 Å². The van der Waals surface area contributed by atoms with Gasteiger partial charge in [-0.2, -0.15) is 10.2 Å². The first-order valence-corrected chi connectivity index (χ1v) is 8.58. The number of hydrogen-bond donors (Lipinski definition) is 1. The zero-order chi connectivity index (χ0) is 18.3. The quantitative estimate of drug-likeness (QED) is 0.735. The monoisotopic (exact) mass is 362 g/mol. The molecule has 25 heavy (non-hydrogen) atoms. The third-order valence-corrected chi connectivity index (χ3v) is 5.36. The minimum atomic E-state index is -0.892. The molecule has 0 spiro atoms. The first kappa shape index (κ1) is 17.1. The lowest BCUT2D eigenvalue weighted by atomic mass is 10.2. The summed E-state index contributed by atoms with van der Waals surface area (Å²) in [6.07, 6.45) is 3.07. The molecular weight excluding hydrogens is 344 g/mol. The second-order valence-electron chi connectivity index (χ2n) is 5.69. The molecule has 0 saturated carbocycles. The molecule has 0 aliphatic rings. The molecule has 3 rings (SSSR count). The van der Waals surface area contributed by atoms with Crippen LogP contribution in [0, 0.1) is 6.92 Å². The van der Waals surface area contributed by atoms with Gasteiger partial charge in [0, 0.05) is 19.2 Å². The van der Waals surface area contributed by atoms with Crippen LogP contribution in [0.3, 0.4) is 0 Å². The maximum absolute atomic E-state index is 12.9. The minimum absolute atomic E-state index is 0.295. The van der Waals surface area contributed by atoms with Crippen LogP contribution in [0.15, 0.2) is 22.0 Å². The molecule has 1 atom stereocenters. The predicted octanol–water partition coefficient (Wildman–Crippen LogP) is 0.680. The van der Waals surface area contributed by atoms with Crippen LogP contribution in [-0.2, 0) is 4.79 Å². The van der Waals surface area contributed by atoms with E-state index in [1.54, 1.807) is 20.9 Å². The molecule has 0 bridgehead atoms. The lowest BCUT2D eigenvalue weighted by Gasteiger charge is -2.20. The number of aryl methyl sites for hydroxylation is 1. The van der Waals surface area contributed by atoms with Gasteiger partial charge in [-0.1, -0.05) is 11.3 Å². The van der Waals surface area contributed by atoms with E-state index in [0.717, 1.165) is 4.57 Å². The van der Waals surface area contributed by atoms with Gasteiger partial charge in [-0.25, -0.2) is 9.36 Å². The molecule has 0 aromatic carbocycles. The summed E-state index contributed by atoms with van der Waals surface area (Å²) in [5.74, 6) is -0.295. The SMILES string of the molecule is CCN(C)C(=O)[C@@H](C)n1c(=O)[nH]c2sc(-n3nccn3)c(C)c2c1=O. The van der Waals surface area contributed by atoms with Gasteiger partial charge in [0.25, 0.3) is 5.56 Å². The van der Waals surface area contributed by atoms with E-state index in [2.05, 4.69) is 15.2 Å². The van der Waals surface area contributed by atoms with Crippen molar-refractivity contribution >= 4 is 27.5 Å². The normalized spacial score (nSPS) is 12.5. The van der Waals surface area contributed by atoms with E-state index in [4.69, 9.17) is 0 Å². The van der Waals surface area contributed by atoms with E-state index in [9.17, 15) is 14.4 Å². The Morgan fingerprint density at radius 1 is 1.36 bits per heavy atom. The minimum Gasteiger partial charge on any atom is -0.344 e. The zero-order valence-corrected chi connectivity index (χ0v) is 15.1. The number of aromatic amines is 1. The van der Waals surface area contributed by atoms with E-state index in [0.29, 0.717) is 27.3 Å². The number of hydrogen-bond acceptors (Lipinski definition) is 6. The molecule has 0 unspecified atom stereocenters. The summed E-state index contributed by atoms with van der Waals surface area (Å²) in [4.78, 5) is 43.8. The third kappa shape index (κ3) is 2.68. The summed E-state index contributed by atoms with van der Waals surface area (Å²) in [5, 5.41) is 9.16. The molecule has 0 aliphatic heterocycles. The van der Waals surface area contributed by atoms with Crippen LogP contribution in [0.25, 0.3) is 15.2 Å². The number of fused-ring (bicyclic) bond motifs is 1. The average molecular weight is 362 g/mol. The summed E-state index contributed by atoms with van der Waals surface area (Å²) < 4.78 is 0.969. The number of nitrogens with one attached hydrogen (secondary N) is 1. The van der Waals surface area contributed by atoms with Crippen LogP contribution in [0.1, 0.15) is 25.5 Å². The molecule has 0 saturated heterocycles. The third-order valence-electron chi connectivity index (χ3n) is 4.19. The standard InChI is InChI=1S/C15H18N6O3S/c1-5-19(4)12(22)9(3)20-13(23)10-8(2)14(21-16-6-7-17-21)25-11(10)18-15(20)24/h6-7,9H,5H2,1-4H3,(H,18,24)/t9-/m1/s1. The average Bonchev–Trinajstić information content (AvgIpc) is 3.21. The number of nitrogens with zero attached hydrogens (tertiary/aromatic N) is 5. The Kier molecular flexibility index (Phi) is 4.29. The van der Waals surface area contributed by atoms with Crippen LogP contribution in [0.4, 0.5) is 0 Å². The number of carbonyl (C=O) groups is 1. The Morgan fingerprint density at radius 3 is 2.60 bits per heavy atom. The summed E-state index contributed by atoms with van der Waals surface area (Å²) in [6.45, 7) is 5.64. The Balaban J connectivity index is 2.23. The highest BCUT2D eigenvalue weighted by Gasteiger charge is 2.25. The maximum atomic E-state index is 12.9. The van der Waals surface area contributed by atoms with E-state index < -0.39 is 17.3 Å². The molecule has 0 aliphatic carbocycles. The van der Waals surface area contributed by atoms with E-state index in [1.165, 1.54) is 33.4 Å². The first-order valence-electron chi connectivity index (χ1n) is 7.76. The van der Waals surface area contributed by atoms with Crippen molar-refractivity contribution in [1.82, 2.24) is 29.4 Å². The van der Waals surface area contributed by atoms with Crippen LogP contribution in [-0.4, -0.2) is 48.9 Å². The Bertz CT molecular complexity index is 1050. The van der Waals surface area contributed by atoms with Crippen molar-refractivity contribution in [2.75, 3.05) is 13.6 Å². The molecule has 3 heterocycles. The van der Waals surface area contributed by atoms with Gasteiger partial charge in [-0.05, 0) is 20.8 Å². The highest BCUT2D eigenvalue weighted by molar-refractivity contribution is 7.21. The van der Waals surface area contributed by atoms with Crippen molar-refractivity contribution < 1.29 is 4.79 Å². The molecule has 0 radical (unpaired) electrons. The number of aromatic nitrogens is 5. The van der Waals surface area contributed by atoms with Gasteiger partial charge in [-0.3, -0.25) is 14.6 Å². The van der Waals surface area contributed by atoms with Crippen molar-refractivity contribution in [3.8, 4) is 5.00 Å². The number of H-pyrrole nitrogens is 1. The van der Waals surface area contributed by atoms with Gasteiger partial charge >= 0.3 is 5.69 Å². The number of carbonyl (C=O) groups excluding carboxylic acids is 1. The van der Waals surface area contributed by atoms with Gasteiger partial charge in [0.2, 0.25) is 5.91 Å². The second-order valence-corrected chi connectivity index (χ2v) is 6.69. The summed E-state index contributed by atoms with van der Waals surface area (Å²) in [5.41, 5.74) is -0.435. The van der Waals surface area contributed by atoms with Gasteiger partial charge in [0.15, 0.2) is 0 Å². The number of amides is 1. The molecule has 1 N–H and O–H groups in total. The van der Waals surface area contributed by atoms with E-state index in [-0.39, 0.29) is 5.91 Å². The largest absolute Gasteiger partial charge is 0.344 e. The Morgan fingerprint density at radius 2 is 2.00 bits per heavy atom. The molecule has 132 valence electrons. The second kappa shape index (κ2) is 6.28. The molecular formula is C15H18N6O3S. The van der Waals surface area contributed by atoms with Gasteiger partial charge in [0.05, 0.1) is 17.8 Å².